The van der Waals surface area contributed by atoms with Gasteiger partial charge in [0.05, 0.1) is 30.1 Å². The number of nitro benzene ring substituents is 1. The van der Waals surface area contributed by atoms with Gasteiger partial charge in [0.1, 0.15) is 6.04 Å². The van der Waals surface area contributed by atoms with Crippen molar-refractivity contribution in [2.45, 2.75) is 32.5 Å². The van der Waals surface area contributed by atoms with E-state index in [1.807, 2.05) is 24.3 Å². The third-order valence-corrected chi connectivity index (χ3v) is 6.80. The number of hydrogen-bond acceptors (Lipinski definition) is 7. The molecule has 184 valence electrons. The van der Waals surface area contributed by atoms with Gasteiger partial charge in [-0.25, -0.2) is 8.42 Å². The van der Waals surface area contributed by atoms with Crippen molar-refractivity contribution in [2.24, 2.45) is 0 Å². The smallest absolute Gasteiger partial charge is 0.271 e. The van der Waals surface area contributed by atoms with Gasteiger partial charge >= 0.3 is 0 Å². The Morgan fingerprint density at radius 2 is 1.82 bits per heavy atom. The van der Waals surface area contributed by atoms with E-state index >= 15 is 0 Å². The number of hydrogen-bond donors (Lipinski definition) is 1. The van der Waals surface area contributed by atoms with Crippen LogP contribution in [0.4, 0.5) is 11.4 Å². The maximum absolute atomic E-state index is 13.0. The normalized spacial score (nSPS) is 15.5. The van der Waals surface area contributed by atoms with Crippen LogP contribution in [-0.4, -0.2) is 62.7 Å². The molecule has 1 amide bonds. The van der Waals surface area contributed by atoms with E-state index in [1.165, 1.54) is 18.2 Å². The number of nitro groups is 1. The molecule has 0 aromatic heterocycles. The van der Waals surface area contributed by atoms with Crippen LogP contribution in [0.5, 0.6) is 0 Å². The van der Waals surface area contributed by atoms with Crippen molar-refractivity contribution >= 4 is 27.3 Å². The molecule has 0 saturated carbocycles. The number of carbonyl (C=O) groups excluding carboxylic acids is 1. The number of non-ortho nitro benzene ring substituents is 1. The summed E-state index contributed by atoms with van der Waals surface area (Å²) in [5.74, 6) is -0.475. The number of ether oxygens (including phenoxy) is 1. The molecule has 2 aromatic rings. The average molecular weight is 491 g/mol. The van der Waals surface area contributed by atoms with Gasteiger partial charge in [-0.05, 0) is 23.6 Å². The molecule has 1 aliphatic rings. The molecule has 0 radical (unpaired) electrons. The quantitative estimate of drug-likeness (QED) is 0.400. The van der Waals surface area contributed by atoms with Crippen LogP contribution in [0.1, 0.15) is 24.5 Å². The number of sulfonamides is 1. The van der Waals surface area contributed by atoms with Gasteiger partial charge < -0.3 is 10.1 Å². The van der Waals surface area contributed by atoms with Gasteiger partial charge in [0, 0.05) is 38.3 Å². The number of carbonyl (C=O) groups is 1. The fourth-order valence-electron chi connectivity index (χ4n) is 3.89. The van der Waals surface area contributed by atoms with Crippen molar-refractivity contribution in [3.05, 3.63) is 69.8 Å². The van der Waals surface area contributed by atoms with Crippen molar-refractivity contribution in [1.29, 1.82) is 0 Å². The van der Waals surface area contributed by atoms with Crippen molar-refractivity contribution in [1.82, 2.24) is 10.2 Å². The molecule has 1 N–H and O–H groups in total. The Morgan fingerprint density at radius 1 is 1.18 bits per heavy atom. The first-order valence-corrected chi connectivity index (χ1v) is 12.9. The van der Waals surface area contributed by atoms with Crippen LogP contribution in [0.15, 0.2) is 48.5 Å². The van der Waals surface area contributed by atoms with E-state index in [0.29, 0.717) is 0 Å². The van der Waals surface area contributed by atoms with Gasteiger partial charge in [-0.2, -0.15) is 0 Å². The van der Waals surface area contributed by atoms with Gasteiger partial charge in [0.25, 0.3) is 5.69 Å². The summed E-state index contributed by atoms with van der Waals surface area (Å²) in [7, 11) is -3.88. The summed E-state index contributed by atoms with van der Waals surface area (Å²) in [6.45, 7) is 6.04. The van der Waals surface area contributed by atoms with Gasteiger partial charge in [-0.15, -0.1) is 0 Å². The Hall–Kier alpha value is -3.02. The highest BCUT2D eigenvalue weighted by atomic mass is 32.2. The molecule has 1 fully saturated rings. The van der Waals surface area contributed by atoms with E-state index in [1.54, 1.807) is 6.92 Å². The average Bonchev–Trinajstić information content (AvgIpc) is 2.81. The third kappa shape index (κ3) is 6.75. The lowest BCUT2D eigenvalue weighted by molar-refractivity contribution is -0.384. The number of nitrogens with zero attached hydrogens (tertiary/aromatic N) is 3. The van der Waals surface area contributed by atoms with Crippen LogP contribution in [0.25, 0.3) is 0 Å². The molecule has 1 saturated heterocycles. The minimum Gasteiger partial charge on any atom is -0.379 e. The Labute approximate surface area is 199 Å². The number of amides is 1. The lowest BCUT2D eigenvalue weighted by Crippen LogP contribution is -2.49. The van der Waals surface area contributed by atoms with Crippen LogP contribution in [-0.2, 0) is 32.6 Å². The second-order valence-electron chi connectivity index (χ2n) is 8.18. The zero-order valence-corrected chi connectivity index (χ0v) is 20.2. The van der Waals surface area contributed by atoms with E-state index in [9.17, 15) is 23.3 Å². The number of rotatable bonds is 10. The standard InChI is InChI=1S/C23H30N4O6S/c1-3-22(26(34(2,31)32)20-5-4-6-21(15-20)27(29)30)23(28)24-16-18-7-9-19(10-8-18)17-25-11-13-33-14-12-25/h4-10,15,22H,3,11-14,16-17H2,1-2H3,(H,24,28)/t22-/m1/s1. The lowest BCUT2D eigenvalue weighted by Gasteiger charge is -2.30. The maximum atomic E-state index is 13.0. The molecule has 2 aromatic carbocycles. The fraction of sp³-hybridized carbons (Fsp3) is 0.435. The predicted molar refractivity (Wildman–Crippen MR) is 129 cm³/mol. The first-order valence-electron chi connectivity index (χ1n) is 11.1. The zero-order valence-electron chi connectivity index (χ0n) is 19.3. The van der Waals surface area contributed by atoms with Crippen LogP contribution in [0, 0.1) is 10.1 Å². The molecule has 1 atom stereocenters. The number of nitrogens with one attached hydrogen (secondary N) is 1. The maximum Gasteiger partial charge on any atom is 0.271 e. The second-order valence-corrected chi connectivity index (χ2v) is 10.0. The molecule has 1 heterocycles. The van der Waals surface area contributed by atoms with Crippen LogP contribution >= 0.6 is 0 Å². The van der Waals surface area contributed by atoms with E-state index in [2.05, 4.69) is 10.2 Å². The molecule has 10 nitrogen and oxygen atoms in total. The predicted octanol–water partition coefficient (Wildman–Crippen LogP) is 2.29. The highest BCUT2D eigenvalue weighted by molar-refractivity contribution is 7.92. The summed E-state index contributed by atoms with van der Waals surface area (Å²) in [6.07, 6.45) is 1.18. The summed E-state index contributed by atoms with van der Waals surface area (Å²) >= 11 is 0. The summed E-state index contributed by atoms with van der Waals surface area (Å²) in [5.41, 5.74) is 1.87. The zero-order chi connectivity index (χ0) is 24.7. The topological polar surface area (TPSA) is 122 Å². The van der Waals surface area contributed by atoms with Gasteiger partial charge in [0.15, 0.2) is 0 Å². The van der Waals surface area contributed by atoms with Gasteiger partial charge in [-0.3, -0.25) is 24.1 Å². The van der Waals surface area contributed by atoms with Crippen LogP contribution in [0.2, 0.25) is 0 Å². The van der Waals surface area contributed by atoms with E-state index in [4.69, 9.17) is 4.74 Å². The van der Waals surface area contributed by atoms with E-state index in [-0.39, 0.29) is 24.3 Å². The molecular formula is C23H30N4O6S. The Balaban J connectivity index is 1.68. The molecule has 3 rings (SSSR count). The minimum atomic E-state index is -3.88. The van der Waals surface area contributed by atoms with Gasteiger partial charge in [0.2, 0.25) is 15.9 Å². The number of anilines is 1. The monoisotopic (exact) mass is 490 g/mol. The fourth-order valence-corrected chi connectivity index (χ4v) is 5.09. The Kier molecular flexibility index (Phi) is 8.59. The Morgan fingerprint density at radius 3 is 2.41 bits per heavy atom. The van der Waals surface area contributed by atoms with Crippen LogP contribution < -0.4 is 9.62 Å². The van der Waals surface area contributed by atoms with Gasteiger partial charge in [-0.1, -0.05) is 37.3 Å². The van der Waals surface area contributed by atoms with Crippen molar-refractivity contribution in [3.63, 3.8) is 0 Å². The molecule has 0 bridgehead atoms. The molecular weight excluding hydrogens is 460 g/mol. The summed E-state index contributed by atoms with van der Waals surface area (Å²) < 4.78 is 31.4. The first-order chi connectivity index (χ1) is 16.2. The number of morpholine rings is 1. The minimum absolute atomic E-state index is 0.0752. The van der Waals surface area contributed by atoms with Crippen molar-refractivity contribution < 1.29 is 22.9 Å². The Bertz CT molecular complexity index is 1100. The third-order valence-electron chi connectivity index (χ3n) is 5.62. The van der Waals surface area contributed by atoms with Crippen LogP contribution in [0.3, 0.4) is 0 Å². The summed E-state index contributed by atoms with van der Waals surface area (Å²) in [5, 5.41) is 13.9. The van der Waals surface area contributed by atoms with Crippen molar-refractivity contribution in [2.75, 3.05) is 36.9 Å². The SMILES string of the molecule is CC[C@H](C(=O)NCc1ccc(CN2CCOCC2)cc1)N(c1cccc([N+](=O)[O-])c1)S(C)(=O)=O. The summed E-state index contributed by atoms with van der Waals surface area (Å²) in [6, 6.07) is 12.1. The largest absolute Gasteiger partial charge is 0.379 e. The highest BCUT2D eigenvalue weighted by Gasteiger charge is 2.32. The highest BCUT2D eigenvalue weighted by Crippen LogP contribution is 2.26. The molecule has 0 spiro atoms. The lowest BCUT2D eigenvalue weighted by atomic mass is 10.1. The van der Waals surface area contributed by atoms with E-state index in [0.717, 1.165) is 60.6 Å². The molecule has 1 aliphatic heterocycles. The molecule has 11 heteroatoms. The molecule has 0 aliphatic carbocycles. The molecule has 34 heavy (non-hydrogen) atoms. The van der Waals surface area contributed by atoms with Crippen molar-refractivity contribution in [3.8, 4) is 0 Å². The molecule has 0 unspecified atom stereocenters. The van der Waals surface area contributed by atoms with E-state index < -0.39 is 26.9 Å². The first kappa shape index (κ1) is 25.6. The number of benzene rings is 2. The summed E-state index contributed by atoms with van der Waals surface area (Å²) in [4.78, 5) is 25.8. The second kappa shape index (κ2) is 11.4.